The summed E-state index contributed by atoms with van der Waals surface area (Å²) >= 11 is 0. The molecule has 0 aromatic heterocycles. The molecular formula is C18H28O3. The molecule has 1 aromatic carbocycles. The standard InChI is InChI=1S/C18H28O3/c1-3-5-6-7-11-14-16(19)17(18(20)21-4-2)15-12-9-8-10-13-15/h8-10,12-13,16-17,19H,3-7,11,14H2,1-2H3. The van der Waals surface area contributed by atoms with Gasteiger partial charge in [-0.05, 0) is 18.9 Å². The SMILES string of the molecule is CCCCCCCC(O)C(C(=O)OCC)c1ccccc1. The number of benzene rings is 1. The zero-order valence-corrected chi connectivity index (χ0v) is 13.3. The fourth-order valence-corrected chi connectivity index (χ4v) is 2.53. The first kappa shape index (κ1) is 17.7. The molecule has 0 radical (unpaired) electrons. The molecule has 0 fully saturated rings. The second kappa shape index (κ2) is 10.4. The maximum Gasteiger partial charge on any atom is 0.316 e. The number of ether oxygens (including phenoxy) is 1. The normalized spacial score (nSPS) is 13.7. The highest BCUT2D eigenvalue weighted by Gasteiger charge is 2.29. The Morgan fingerprint density at radius 3 is 2.38 bits per heavy atom. The van der Waals surface area contributed by atoms with Crippen LogP contribution in [0.3, 0.4) is 0 Å². The van der Waals surface area contributed by atoms with Crippen LogP contribution < -0.4 is 0 Å². The molecule has 118 valence electrons. The molecule has 0 saturated heterocycles. The van der Waals surface area contributed by atoms with Crippen molar-refractivity contribution in [3.8, 4) is 0 Å². The Bertz CT molecular complexity index is 389. The summed E-state index contributed by atoms with van der Waals surface area (Å²) in [4.78, 5) is 12.1. The minimum Gasteiger partial charge on any atom is -0.465 e. The van der Waals surface area contributed by atoms with Crippen LogP contribution in [0, 0.1) is 0 Å². The van der Waals surface area contributed by atoms with Crippen LogP contribution in [0.2, 0.25) is 0 Å². The predicted molar refractivity (Wildman–Crippen MR) is 85.2 cm³/mol. The van der Waals surface area contributed by atoms with Crippen molar-refractivity contribution in [2.45, 2.75) is 64.4 Å². The van der Waals surface area contributed by atoms with Gasteiger partial charge in [-0.2, -0.15) is 0 Å². The van der Waals surface area contributed by atoms with Gasteiger partial charge in [-0.3, -0.25) is 4.79 Å². The molecule has 3 heteroatoms. The summed E-state index contributed by atoms with van der Waals surface area (Å²) in [6, 6.07) is 9.43. The van der Waals surface area contributed by atoms with Crippen molar-refractivity contribution < 1.29 is 14.6 Å². The number of hydrogen-bond acceptors (Lipinski definition) is 3. The molecule has 0 aliphatic heterocycles. The topological polar surface area (TPSA) is 46.5 Å². The van der Waals surface area contributed by atoms with Gasteiger partial charge in [0, 0.05) is 0 Å². The lowest BCUT2D eigenvalue weighted by Gasteiger charge is -2.21. The van der Waals surface area contributed by atoms with Crippen molar-refractivity contribution in [2.24, 2.45) is 0 Å². The van der Waals surface area contributed by atoms with Gasteiger partial charge in [-0.1, -0.05) is 69.4 Å². The Kier molecular flexibility index (Phi) is 8.76. The quantitative estimate of drug-likeness (QED) is 0.522. The molecule has 0 spiro atoms. The van der Waals surface area contributed by atoms with Crippen molar-refractivity contribution in [2.75, 3.05) is 6.61 Å². The van der Waals surface area contributed by atoms with Crippen LogP contribution >= 0.6 is 0 Å². The number of rotatable bonds is 10. The van der Waals surface area contributed by atoms with E-state index in [0.717, 1.165) is 18.4 Å². The third kappa shape index (κ3) is 6.30. The fraction of sp³-hybridized carbons (Fsp3) is 0.611. The van der Waals surface area contributed by atoms with Crippen LogP contribution in [0.1, 0.15) is 63.9 Å². The van der Waals surface area contributed by atoms with Crippen molar-refractivity contribution in [1.29, 1.82) is 0 Å². The molecule has 0 aliphatic carbocycles. The number of aliphatic hydroxyl groups is 1. The molecule has 1 rings (SSSR count). The third-order valence-electron chi connectivity index (χ3n) is 3.69. The molecule has 3 nitrogen and oxygen atoms in total. The smallest absolute Gasteiger partial charge is 0.316 e. The number of esters is 1. The van der Waals surface area contributed by atoms with Gasteiger partial charge in [0.05, 0.1) is 12.7 Å². The van der Waals surface area contributed by atoms with E-state index in [1.54, 1.807) is 6.92 Å². The van der Waals surface area contributed by atoms with Gasteiger partial charge in [0.15, 0.2) is 0 Å². The van der Waals surface area contributed by atoms with E-state index in [1.165, 1.54) is 19.3 Å². The second-order valence-corrected chi connectivity index (χ2v) is 5.41. The van der Waals surface area contributed by atoms with Gasteiger partial charge in [0.1, 0.15) is 5.92 Å². The maximum atomic E-state index is 12.1. The Morgan fingerprint density at radius 2 is 1.76 bits per heavy atom. The summed E-state index contributed by atoms with van der Waals surface area (Å²) in [7, 11) is 0. The average Bonchev–Trinajstić information content (AvgIpc) is 2.48. The van der Waals surface area contributed by atoms with Crippen molar-refractivity contribution >= 4 is 5.97 Å². The van der Waals surface area contributed by atoms with Gasteiger partial charge in [-0.15, -0.1) is 0 Å². The van der Waals surface area contributed by atoms with E-state index in [9.17, 15) is 9.90 Å². The van der Waals surface area contributed by atoms with Crippen molar-refractivity contribution in [3.63, 3.8) is 0 Å². The summed E-state index contributed by atoms with van der Waals surface area (Å²) in [5.41, 5.74) is 0.831. The first-order valence-electron chi connectivity index (χ1n) is 8.10. The zero-order chi connectivity index (χ0) is 15.5. The molecule has 1 aromatic rings. The predicted octanol–water partition coefficient (Wildman–Crippen LogP) is 4.05. The van der Waals surface area contributed by atoms with E-state index in [2.05, 4.69) is 6.92 Å². The lowest BCUT2D eigenvalue weighted by molar-refractivity contribution is -0.148. The minimum atomic E-state index is -0.673. The highest BCUT2D eigenvalue weighted by Crippen LogP contribution is 2.25. The van der Waals surface area contributed by atoms with Crippen LogP contribution in [-0.2, 0) is 9.53 Å². The van der Waals surface area contributed by atoms with Gasteiger partial charge in [0.25, 0.3) is 0 Å². The van der Waals surface area contributed by atoms with Crippen LogP contribution in [0.25, 0.3) is 0 Å². The highest BCUT2D eigenvalue weighted by molar-refractivity contribution is 5.78. The number of carbonyl (C=O) groups is 1. The van der Waals surface area contributed by atoms with Crippen LogP contribution in [0.15, 0.2) is 30.3 Å². The van der Waals surface area contributed by atoms with E-state index in [1.807, 2.05) is 30.3 Å². The zero-order valence-electron chi connectivity index (χ0n) is 13.3. The van der Waals surface area contributed by atoms with Gasteiger partial charge in [0.2, 0.25) is 0 Å². The molecule has 0 aliphatic rings. The summed E-state index contributed by atoms with van der Waals surface area (Å²) in [6.07, 6.45) is 5.65. The largest absolute Gasteiger partial charge is 0.465 e. The van der Waals surface area contributed by atoms with E-state index < -0.39 is 12.0 Å². The first-order chi connectivity index (χ1) is 10.2. The lowest BCUT2D eigenvalue weighted by Crippen LogP contribution is -2.28. The molecule has 0 amide bonds. The summed E-state index contributed by atoms with van der Waals surface area (Å²) < 4.78 is 5.13. The number of aliphatic hydroxyl groups excluding tert-OH is 1. The Balaban J connectivity index is 2.61. The second-order valence-electron chi connectivity index (χ2n) is 5.41. The third-order valence-corrected chi connectivity index (χ3v) is 3.69. The number of carbonyl (C=O) groups excluding carboxylic acids is 1. The van der Waals surface area contributed by atoms with Crippen LogP contribution in [0.5, 0.6) is 0 Å². The molecular weight excluding hydrogens is 264 g/mol. The molecule has 0 bridgehead atoms. The van der Waals surface area contributed by atoms with E-state index in [-0.39, 0.29) is 5.97 Å². The summed E-state index contributed by atoms with van der Waals surface area (Å²) in [5, 5.41) is 10.4. The van der Waals surface area contributed by atoms with Crippen LogP contribution in [0.4, 0.5) is 0 Å². The Morgan fingerprint density at radius 1 is 1.10 bits per heavy atom. The van der Waals surface area contributed by atoms with E-state index in [0.29, 0.717) is 13.0 Å². The summed E-state index contributed by atoms with van der Waals surface area (Å²) in [5.74, 6) is -0.901. The first-order valence-corrected chi connectivity index (χ1v) is 8.10. The maximum absolute atomic E-state index is 12.1. The molecule has 1 N–H and O–H groups in total. The average molecular weight is 292 g/mol. The van der Waals surface area contributed by atoms with Crippen molar-refractivity contribution in [3.05, 3.63) is 35.9 Å². The Labute approximate surface area is 128 Å². The van der Waals surface area contributed by atoms with Gasteiger partial charge < -0.3 is 9.84 Å². The number of hydrogen-bond donors (Lipinski definition) is 1. The molecule has 2 unspecified atom stereocenters. The molecule has 0 saturated carbocycles. The van der Waals surface area contributed by atoms with Crippen LogP contribution in [-0.4, -0.2) is 23.8 Å². The molecule has 0 heterocycles. The Hall–Kier alpha value is -1.35. The number of unbranched alkanes of at least 4 members (excludes halogenated alkanes) is 4. The molecule has 21 heavy (non-hydrogen) atoms. The lowest BCUT2D eigenvalue weighted by atomic mass is 9.90. The molecule has 2 atom stereocenters. The minimum absolute atomic E-state index is 0.329. The summed E-state index contributed by atoms with van der Waals surface area (Å²) in [6.45, 7) is 4.31. The monoisotopic (exact) mass is 292 g/mol. The van der Waals surface area contributed by atoms with Crippen molar-refractivity contribution in [1.82, 2.24) is 0 Å². The van der Waals surface area contributed by atoms with Gasteiger partial charge in [-0.25, -0.2) is 0 Å². The van der Waals surface area contributed by atoms with E-state index in [4.69, 9.17) is 4.74 Å². The van der Waals surface area contributed by atoms with E-state index >= 15 is 0 Å². The highest BCUT2D eigenvalue weighted by atomic mass is 16.5. The van der Waals surface area contributed by atoms with Gasteiger partial charge >= 0.3 is 5.97 Å². The fourth-order valence-electron chi connectivity index (χ4n) is 2.53.